The van der Waals surface area contributed by atoms with Crippen LogP contribution in [-0.2, 0) is 6.54 Å². The molecule has 0 saturated carbocycles. The van der Waals surface area contributed by atoms with Gasteiger partial charge in [0.1, 0.15) is 6.33 Å². The van der Waals surface area contributed by atoms with Crippen LogP contribution in [0.15, 0.2) is 34.6 Å². The fourth-order valence-electron chi connectivity index (χ4n) is 2.67. The van der Waals surface area contributed by atoms with Crippen molar-refractivity contribution in [3.63, 3.8) is 0 Å². The predicted octanol–water partition coefficient (Wildman–Crippen LogP) is 4.39. The fourth-order valence-corrected chi connectivity index (χ4v) is 4.34. The van der Waals surface area contributed by atoms with Gasteiger partial charge in [-0.1, -0.05) is 47.8 Å². The second-order valence-electron chi connectivity index (χ2n) is 5.89. The number of nitrogens with two attached hydrogens (primary N) is 2. The molecule has 0 unspecified atom stereocenters. The average molecular weight is 411 g/mol. The Morgan fingerprint density at radius 3 is 2.46 bits per heavy atom. The van der Waals surface area contributed by atoms with Crippen molar-refractivity contribution in [2.24, 2.45) is 5.73 Å². The summed E-state index contributed by atoms with van der Waals surface area (Å²) in [5.74, 6) is 0.378. The minimum absolute atomic E-state index is 0.378. The molecule has 1 aromatic carbocycles. The molecule has 26 heavy (non-hydrogen) atoms. The number of aryl methyl sites for hydroxylation is 1. The van der Waals surface area contributed by atoms with Gasteiger partial charge in [-0.2, -0.15) is 0 Å². The number of imidazole rings is 1. The van der Waals surface area contributed by atoms with Crippen molar-refractivity contribution < 1.29 is 0 Å². The molecule has 138 valence electrons. The summed E-state index contributed by atoms with van der Waals surface area (Å²) < 4.78 is 2.08. The predicted molar refractivity (Wildman–Crippen MR) is 108 cm³/mol. The Balaban J connectivity index is 1.89. The Labute approximate surface area is 166 Å². The monoisotopic (exact) mass is 410 g/mol. The molecule has 6 nitrogen and oxygen atoms in total. The molecule has 0 atom stereocenters. The van der Waals surface area contributed by atoms with E-state index in [1.54, 1.807) is 6.07 Å². The van der Waals surface area contributed by atoms with E-state index in [1.807, 2.05) is 12.1 Å². The molecule has 0 bridgehead atoms. The topological polar surface area (TPSA) is 95.6 Å². The van der Waals surface area contributed by atoms with Crippen LogP contribution in [-0.4, -0.2) is 26.1 Å². The SMILES string of the molecule is NCCCCCCn1c(Sc2cc(Cl)cc(Cl)c2)nc2c(N)ncnc21. The van der Waals surface area contributed by atoms with Crippen LogP contribution in [0.4, 0.5) is 5.82 Å². The Kier molecular flexibility index (Phi) is 6.58. The van der Waals surface area contributed by atoms with E-state index < -0.39 is 0 Å². The van der Waals surface area contributed by atoms with E-state index in [1.165, 1.54) is 18.1 Å². The highest BCUT2D eigenvalue weighted by Gasteiger charge is 2.16. The maximum atomic E-state index is 6.11. The molecule has 4 N–H and O–H groups in total. The fraction of sp³-hybridized carbons (Fsp3) is 0.353. The summed E-state index contributed by atoms with van der Waals surface area (Å²) in [6.07, 6.45) is 5.74. The van der Waals surface area contributed by atoms with Crippen molar-refractivity contribution >= 4 is 51.9 Å². The van der Waals surface area contributed by atoms with Crippen LogP contribution >= 0.6 is 35.0 Å². The van der Waals surface area contributed by atoms with Crippen molar-refractivity contribution in [2.45, 2.75) is 42.3 Å². The Hall–Kier alpha value is -1.54. The zero-order chi connectivity index (χ0) is 18.5. The first-order chi connectivity index (χ1) is 12.6. The first-order valence-electron chi connectivity index (χ1n) is 8.39. The molecule has 9 heteroatoms. The number of halogens is 2. The zero-order valence-electron chi connectivity index (χ0n) is 14.2. The summed E-state index contributed by atoms with van der Waals surface area (Å²) in [6.45, 7) is 1.53. The first-order valence-corrected chi connectivity index (χ1v) is 9.96. The van der Waals surface area contributed by atoms with E-state index >= 15 is 0 Å². The van der Waals surface area contributed by atoms with E-state index in [2.05, 4.69) is 19.5 Å². The quantitative estimate of drug-likeness (QED) is 0.534. The number of nitrogen functional groups attached to an aromatic ring is 1. The van der Waals surface area contributed by atoms with Crippen LogP contribution < -0.4 is 11.5 Å². The van der Waals surface area contributed by atoms with Crippen LogP contribution in [0.3, 0.4) is 0 Å². The van der Waals surface area contributed by atoms with E-state index in [9.17, 15) is 0 Å². The standard InChI is InChI=1S/C17H20Cl2N6S/c18-11-7-12(19)9-13(8-11)26-17-24-14-15(21)22-10-23-16(14)25(17)6-4-2-1-3-5-20/h7-10H,1-6,20H2,(H2,21,22,23). The minimum Gasteiger partial charge on any atom is -0.382 e. The molecule has 0 aliphatic heterocycles. The summed E-state index contributed by atoms with van der Waals surface area (Å²) in [5.41, 5.74) is 12.9. The smallest absolute Gasteiger partial charge is 0.175 e. The summed E-state index contributed by atoms with van der Waals surface area (Å²) in [7, 11) is 0. The lowest BCUT2D eigenvalue weighted by Gasteiger charge is -2.09. The largest absolute Gasteiger partial charge is 0.382 e. The molecule has 3 rings (SSSR count). The molecule has 0 amide bonds. The average Bonchev–Trinajstić information content (AvgIpc) is 2.93. The van der Waals surface area contributed by atoms with Crippen molar-refractivity contribution in [3.05, 3.63) is 34.6 Å². The van der Waals surface area contributed by atoms with Gasteiger partial charge in [-0.3, -0.25) is 0 Å². The van der Waals surface area contributed by atoms with Crippen LogP contribution in [0, 0.1) is 0 Å². The molecule has 0 aliphatic carbocycles. The van der Waals surface area contributed by atoms with Crippen LogP contribution in [0.25, 0.3) is 11.2 Å². The maximum absolute atomic E-state index is 6.11. The van der Waals surface area contributed by atoms with Crippen LogP contribution in [0.2, 0.25) is 10.0 Å². The number of nitrogens with zero attached hydrogens (tertiary/aromatic N) is 4. The molecular weight excluding hydrogens is 391 g/mol. The molecule has 2 aromatic heterocycles. The molecular formula is C17H20Cl2N6S. The molecule has 0 saturated heterocycles. The van der Waals surface area contributed by atoms with Gasteiger partial charge in [0.05, 0.1) is 0 Å². The summed E-state index contributed by atoms with van der Waals surface area (Å²) in [5, 5.41) is 1.97. The van der Waals surface area contributed by atoms with Crippen LogP contribution in [0.5, 0.6) is 0 Å². The number of hydrogen-bond acceptors (Lipinski definition) is 6. The van der Waals surface area contributed by atoms with Crippen molar-refractivity contribution in [1.82, 2.24) is 19.5 Å². The highest BCUT2D eigenvalue weighted by Crippen LogP contribution is 2.34. The van der Waals surface area contributed by atoms with Gasteiger partial charge in [-0.05, 0) is 37.6 Å². The van der Waals surface area contributed by atoms with Gasteiger partial charge in [0.2, 0.25) is 0 Å². The van der Waals surface area contributed by atoms with E-state index in [-0.39, 0.29) is 0 Å². The lowest BCUT2D eigenvalue weighted by Crippen LogP contribution is -2.03. The second kappa shape index (κ2) is 8.90. The molecule has 0 radical (unpaired) electrons. The minimum atomic E-state index is 0.378. The normalized spacial score (nSPS) is 11.3. The maximum Gasteiger partial charge on any atom is 0.175 e. The van der Waals surface area contributed by atoms with Gasteiger partial charge in [-0.15, -0.1) is 0 Å². The van der Waals surface area contributed by atoms with Gasteiger partial charge in [0, 0.05) is 21.5 Å². The van der Waals surface area contributed by atoms with Crippen LogP contribution in [0.1, 0.15) is 25.7 Å². The van der Waals surface area contributed by atoms with Gasteiger partial charge in [0.25, 0.3) is 0 Å². The number of fused-ring (bicyclic) bond motifs is 1. The second-order valence-corrected chi connectivity index (χ2v) is 7.80. The number of unbranched alkanes of at least 4 members (excludes halogenated alkanes) is 3. The first kappa shape index (κ1) is 19.2. The number of aromatic nitrogens is 4. The number of benzene rings is 1. The molecule has 0 fully saturated rings. The third-order valence-electron chi connectivity index (χ3n) is 3.91. The molecule has 2 heterocycles. The van der Waals surface area contributed by atoms with Gasteiger partial charge in [0.15, 0.2) is 22.1 Å². The molecule has 0 aliphatic rings. The summed E-state index contributed by atoms with van der Waals surface area (Å²) in [4.78, 5) is 14.0. The van der Waals surface area contributed by atoms with Gasteiger partial charge < -0.3 is 16.0 Å². The number of rotatable bonds is 8. The van der Waals surface area contributed by atoms with E-state index in [0.29, 0.717) is 21.4 Å². The Bertz CT molecular complexity index is 878. The van der Waals surface area contributed by atoms with E-state index in [4.69, 9.17) is 34.7 Å². The van der Waals surface area contributed by atoms with Gasteiger partial charge >= 0.3 is 0 Å². The third kappa shape index (κ3) is 4.59. The number of anilines is 1. The zero-order valence-corrected chi connectivity index (χ0v) is 16.5. The van der Waals surface area contributed by atoms with Crippen molar-refractivity contribution in [2.75, 3.05) is 12.3 Å². The summed E-state index contributed by atoms with van der Waals surface area (Å²) >= 11 is 13.7. The van der Waals surface area contributed by atoms with Crippen molar-refractivity contribution in [1.29, 1.82) is 0 Å². The summed E-state index contributed by atoms with van der Waals surface area (Å²) in [6, 6.07) is 5.42. The molecule has 0 spiro atoms. The van der Waals surface area contributed by atoms with Crippen molar-refractivity contribution in [3.8, 4) is 0 Å². The highest BCUT2D eigenvalue weighted by molar-refractivity contribution is 7.99. The molecule has 3 aromatic rings. The third-order valence-corrected chi connectivity index (χ3v) is 5.31. The number of hydrogen-bond donors (Lipinski definition) is 2. The highest BCUT2D eigenvalue weighted by atomic mass is 35.5. The lowest BCUT2D eigenvalue weighted by atomic mass is 10.2. The lowest BCUT2D eigenvalue weighted by molar-refractivity contribution is 0.555. The van der Waals surface area contributed by atoms with Gasteiger partial charge in [-0.25, -0.2) is 15.0 Å². The Morgan fingerprint density at radius 2 is 1.73 bits per heavy atom. The Morgan fingerprint density at radius 1 is 1.00 bits per heavy atom. The van der Waals surface area contributed by atoms with E-state index in [0.717, 1.165) is 54.5 Å².